The van der Waals surface area contributed by atoms with Gasteiger partial charge in [-0.25, -0.2) is 4.39 Å². The predicted octanol–water partition coefficient (Wildman–Crippen LogP) is 4.55. The van der Waals surface area contributed by atoms with E-state index in [9.17, 15) is 4.39 Å². The Morgan fingerprint density at radius 3 is 2.55 bits per heavy atom. The number of hydrogen-bond donors (Lipinski definition) is 1. The molecule has 20 heavy (non-hydrogen) atoms. The number of rotatable bonds is 4. The first-order valence-electron chi connectivity index (χ1n) is 6.69. The summed E-state index contributed by atoms with van der Waals surface area (Å²) in [6.07, 6.45) is 0.908. The van der Waals surface area contributed by atoms with Crippen LogP contribution in [-0.4, -0.2) is 7.05 Å². The number of benzene rings is 2. The first kappa shape index (κ1) is 15.4. The van der Waals surface area contributed by atoms with E-state index in [-0.39, 0.29) is 11.9 Å². The number of halogens is 2. The summed E-state index contributed by atoms with van der Waals surface area (Å²) in [5.74, 6) is -0.181. The summed E-state index contributed by atoms with van der Waals surface area (Å²) in [6.45, 7) is 4.25. The third kappa shape index (κ3) is 3.58. The molecular formula is C17H19FIN. The Kier molecular flexibility index (Phi) is 5.16. The van der Waals surface area contributed by atoms with E-state index in [0.717, 1.165) is 15.6 Å². The van der Waals surface area contributed by atoms with Crippen LogP contribution in [0, 0.1) is 23.2 Å². The smallest absolute Gasteiger partial charge is 0.124 e. The van der Waals surface area contributed by atoms with Crippen LogP contribution in [0.3, 0.4) is 0 Å². The van der Waals surface area contributed by atoms with Crippen LogP contribution in [0.25, 0.3) is 0 Å². The topological polar surface area (TPSA) is 12.0 Å². The van der Waals surface area contributed by atoms with Crippen molar-refractivity contribution in [2.45, 2.75) is 26.3 Å². The van der Waals surface area contributed by atoms with Crippen molar-refractivity contribution < 1.29 is 4.39 Å². The van der Waals surface area contributed by atoms with Crippen molar-refractivity contribution in [3.63, 3.8) is 0 Å². The molecule has 0 bridgehead atoms. The summed E-state index contributed by atoms with van der Waals surface area (Å²) in [5.41, 5.74) is 5.06. The molecule has 0 saturated heterocycles. The van der Waals surface area contributed by atoms with Gasteiger partial charge in [0, 0.05) is 9.61 Å². The molecule has 2 aromatic rings. The van der Waals surface area contributed by atoms with Gasteiger partial charge in [0.1, 0.15) is 5.82 Å². The van der Waals surface area contributed by atoms with Crippen molar-refractivity contribution in [3.8, 4) is 0 Å². The highest BCUT2D eigenvalue weighted by Crippen LogP contribution is 2.25. The van der Waals surface area contributed by atoms with Gasteiger partial charge < -0.3 is 5.32 Å². The van der Waals surface area contributed by atoms with Crippen LogP contribution in [-0.2, 0) is 6.42 Å². The minimum Gasteiger partial charge on any atom is -0.313 e. The van der Waals surface area contributed by atoms with Gasteiger partial charge >= 0.3 is 0 Å². The predicted molar refractivity (Wildman–Crippen MR) is 90.5 cm³/mol. The fraction of sp³-hybridized carbons (Fsp3) is 0.294. The Labute approximate surface area is 133 Å². The van der Waals surface area contributed by atoms with Crippen molar-refractivity contribution in [1.29, 1.82) is 0 Å². The molecule has 3 heteroatoms. The lowest BCUT2D eigenvalue weighted by Crippen LogP contribution is -2.20. The van der Waals surface area contributed by atoms with Crippen LogP contribution < -0.4 is 5.32 Å². The van der Waals surface area contributed by atoms with E-state index in [4.69, 9.17) is 0 Å². The molecule has 0 heterocycles. The summed E-state index contributed by atoms with van der Waals surface area (Å²) in [4.78, 5) is 0. The van der Waals surface area contributed by atoms with Gasteiger partial charge in [0.05, 0.1) is 0 Å². The van der Waals surface area contributed by atoms with Gasteiger partial charge in [-0.05, 0) is 78.7 Å². The van der Waals surface area contributed by atoms with E-state index in [0.29, 0.717) is 0 Å². The summed E-state index contributed by atoms with van der Waals surface area (Å²) in [6, 6.07) is 11.7. The summed E-state index contributed by atoms with van der Waals surface area (Å²) < 4.78 is 14.2. The Balaban J connectivity index is 2.31. The molecule has 2 rings (SSSR count). The van der Waals surface area contributed by atoms with Gasteiger partial charge in [-0.1, -0.05) is 29.8 Å². The number of hydrogen-bond acceptors (Lipinski definition) is 1. The van der Waals surface area contributed by atoms with Gasteiger partial charge in [0.25, 0.3) is 0 Å². The van der Waals surface area contributed by atoms with E-state index in [2.05, 4.69) is 60.0 Å². The van der Waals surface area contributed by atoms with Crippen LogP contribution >= 0.6 is 22.6 Å². The molecule has 1 unspecified atom stereocenters. The highest BCUT2D eigenvalue weighted by molar-refractivity contribution is 14.1. The normalized spacial score (nSPS) is 12.4. The zero-order valence-electron chi connectivity index (χ0n) is 12.0. The molecule has 1 nitrogen and oxygen atoms in total. The highest BCUT2D eigenvalue weighted by atomic mass is 127. The Bertz CT molecular complexity index is 610. The second-order valence-corrected chi connectivity index (χ2v) is 6.30. The number of aryl methyl sites for hydroxylation is 2. The molecule has 0 radical (unpaired) electrons. The van der Waals surface area contributed by atoms with Crippen LogP contribution in [0.4, 0.5) is 4.39 Å². The van der Waals surface area contributed by atoms with Gasteiger partial charge in [-0.2, -0.15) is 0 Å². The highest BCUT2D eigenvalue weighted by Gasteiger charge is 2.15. The molecule has 106 valence electrons. The maximum atomic E-state index is 13.2. The lowest BCUT2D eigenvalue weighted by atomic mass is 9.95. The average molecular weight is 383 g/mol. The van der Waals surface area contributed by atoms with E-state index in [1.807, 2.05) is 13.1 Å². The maximum Gasteiger partial charge on any atom is 0.124 e. The van der Waals surface area contributed by atoms with Gasteiger partial charge in [-0.15, -0.1) is 0 Å². The molecule has 0 amide bonds. The summed E-state index contributed by atoms with van der Waals surface area (Å²) in [5, 5.41) is 3.35. The zero-order valence-corrected chi connectivity index (χ0v) is 14.2. The van der Waals surface area contributed by atoms with E-state index in [1.54, 1.807) is 6.07 Å². The van der Waals surface area contributed by atoms with Crippen LogP contribution in [0.2, 0.25) is 0 Å². The Hall–Kier alpha value is -0.940. The largest absolute Gasteiger partial charge is 0.313 e. The second kappa shape index (κ2) is 6.68. The first-order chi connectivity index (χ1) is 9.51. The minimum absolute atomic E-state index is 0.181. The third-order valence-electron chi connectivity index (χ3n) is 3.62. The van der Waals surface area contributed by atoms with Gasteiger partial charge in [0.15, 0.2) is 0 Å². The van der Waals surface area contributed by atoms with Crippen molar-refractivity contribution in [2.24, 2.45) is 0 Å². The minimum atomic E-state index is -0.181. The molecule has 0 aliphatic rings. The first-order valence-corrected chi connectivity index (χ1v) is 7.77. The quantitative estimate of drug-likeness (QED) is 0.764. The van der Waals surface area contributed by atoms with Crippen molar-refractivity contribution in [1.82, 2.24) is 5.32 Å². The fourth-order valence-corrected chi connectivity index (χ4v) is 3.24. The van der Waals surface area contributed by atoms with Crippen molar-refractivity contribution in [3.05, 3.63) is 68.0 Å². The van der Waals surface area contributed by atoms with Crippen molar-refractivity contribution >= 4 is 22.6 Å². The van der Waals surface area contributed by atoms with Gasteiger partial charge in [0.2, 0.25) is 0 Å². The lowest BCUT2D eigenvalue weighted by molar-refractivity contribution is 0.581. The Morgan fingerprint density at radius 1 is 1.15 bits per heavy atom. The fourth-order valence-electron chi connectivity index (χ4n) is 2.39. The monoisotopic (exact) mass is 383 g/mol. The second-order valence-electron chi connectivity index (χ2n) is 5.14. The number of likely N-dealkylation sites (N-methyl/N-ethyl adjacent to an activating group) is 1. The molecule has 1 atom stereocenters. The van der Waals surface area contributed by atoms with Crippen molar-refractivity contribution in [2.75, 3.05) is 7.05 Å². The molecule has 0 fully saturated rings. The zero-order chi connectivity index (χ0) is 14.7. The average Bonchev–Trinajstić information content (AvgIpc) is 2.40. The van der Waals surface area contributed by atoms with E-state index >= 15 is 0 Å². The lowest BCUT2D eigenvalue weighted by Gasteiger charge is -2.20. The third-order valence-corrected chi connectivity index (χ3v) is 4.55. The van der Waals surface area contributed by atoms with Crippen LogP contribution in [0.15, 0.2) is 36.4 Å². The molecular weight excluding hydrogens is 364 g/mol. The molecule has 0 aliphatic carbocycles. The molecule has 0 spiro atoms. The van der Waals surface area contributed by atoms with E-state index in [1.165, 1.54) is 22.8 Å². The molecule has 1 N–H and O–H groups in total. The van der Waals surface area contributed by atoms with Gasteiger partial charge in [-0.3, -0.25) is 0 Å². The standard InChI is InChI=1S/C17H19FIN/c1-11-4-5-12(2)13(8-11)9-17(20-3)15-7-6-14(18)10-16(15)19/h4-8,10,17,20H,9H2,1-3H3. The Morgan fingerprint density at radius 2 is 1.90 bits per heavy atom. The van der Waals surface area contributed by atoms with Crippen LogP contribution in [0.1, 0.15) is 28.3 Å². The van der Waals surface area contributed by atoms with Crippen LogP contribution in [0.5, 0.6) is 0 Å². The molecule has 0 aliphatic heterocycles. The molecule has 0 saturated carbocycles. The van der Waals surface area contributed by atoms with E-state index < -0.39 is 0 Å². The summed E-state index contributed by atoms with van der Waals surface area (Å²) >= 11 is 2.20. The molecule has 2 aromatic carbocycles. The SMILES string of the molecule is CNC(Cc1cc(C)ccc1C)c1ccc(F)cc1I. The summed E-state index contributed by atoms with van der Waals surface area (Å²) in [7, 11) is 1.95. The number of nitrogens with one attached hydrogen (secondary N) is 1. The maximum absolute atomic E-state index is 13.2. The molecule has 0 aromatic heterocycles.